The lowest BCUT2D eigenvalue weighted by Gasteiger charge is -2.09. The monoisotopic (exact) mass is 370 g/mol. The second kappa shape index (κ2) is 6.94. The summed E-state index contributed by atoms with van der Waals surface area (Å²) in [5, 5.41) is 14.3. The van der Waals surface area contributed by atoms with E-state index in [0.717, 1.165) is 16.6 Å². The topological polar surface area (TPSA) is 108 Å². The highest BCUT2D eigenvalue weighted by Gasteiger charge is 2.18. The maximum absolute atomic E-state index is 12.0. The first-order valence-electron chi connectivity index (χ1n) is 8.08. The molecule has 0 spiro atoms. The lowest BCUT2D eigenvalue weighted by atomic mass is 10.1. The molecule has 0 fully saturated rings. The van der Waals surface area contributed by atoms with Crippen molar-refractivity contribution in [3.05, 3.63) is 68.1 Å². The van der Waals surface area contributed by atoms with Gasteiger partial charge >= 0.3 is 11.7 Å². The fraction of sp³-hybridized carbons (Fsp3) is 0.222. The van der Waals surface area contributed by atoms with Gasteiger partial charge in [-0.3, -0.25) is 19.2 Å². The molecule has 1 heterocycles. The standard InChI is InChI=1S/C18H18N4O5/c1-20-14-7-4-11(8-16(14)21(2)18(20)24)10-19-13-6-5-12(17(23)27-3)9-15(13)22(25)26/h4-9,19H,10H2,1-3H3. The minimum Gasteiger partial charge on any atom is -0.465 e. The van der Waals surface area contributed by atoms with Crippen molar-refractivity contribution in [3.63, 3.8) is 0 Å². The van der Waals surface area contributed by atoms with E-state index >= 15 is 0 Å². The minimum atomic E-state index is -0.639. The van der Waals surface area contributed by atoms with Gasteiger partial charge in [0.15, 0.2) is 0 Å². The Morgan fingerprint density at radius 1 is 1.15 bits per heavy atom. The number of aryl methyl sites for hydroxylation is 2. The number of rotatable bonds is 5. The molecule has 3 rings (SSSR count). The zero-order valence-corrected chi connectivity index (χ0v) is 15.1. The number of anilines is 1. The van der Waals surface area contributed by atoms with Crippen molar-refractivity contribution in [2.75, 3.05) is 12.4 Å². The average molecular weight is 370 g/mol. The van der Waals surface area contributed by atoms with E-state index in [1.54, 1.807) is 23.2 Å². The molecule has 0 aliphatic heterocycles. The zero-order valence-electron chi connectivity index (χ0n) is 15.1. The molecule has 0 bridgehead atoms. The van der Waals surface area contributed by atoms with Crippen LogP contribution in [-0.4, -0.2) is 27.1 Å². The molecule has 0 aliphatic carbocycles. The van der Waals surface area contributed by atoms with Crippen LogP contribution in [0.2, 0.25) is 0 Å². The van der Waals surface area contributed by atoms with Gasteiger partial charge in [0, 0.05) is 26.7 Å². The molecule has 0 saturated carbocycles. The largest absolute Gasteiger partial charge is 0.465 e. The number of carbonyl (C=O) groups is 1. The third-order valence-corrected chi connectivity index (χ3v) is 4.43. The zero-order chi connectivity index (χ0) is 19.7. The third kappa shape index (κ3) is 3.26. The van der Waals surface area contributed by atoms with Crippen LogP contribution in [0.25, 0.3) is 11.0 Å². The lowest BCUT2D eigenvalue weighted by molar-refractivity contribution is -0.384. The molecule has 9 nitrogen and oxygen atoms in total. The molecule has 3 aromatic rings. The summed E-state index contributed by atoms with van der Waals surface area (Å²) in [5.41, 5.74) is 2.49. The predicted octanol–water partition coefficient (Wildman–Crippen LogP) is 2.18. The SMILES string of the molecule is COC(=O)c1ccc(NCc2ccc3c(c2)n(C)c(=O)n3C)c([N+](=O)[O-])c1. The van der Waals surface area contributed by atoms with Gasteiger partial charge in [0.2, 0.25) is 0 Å². The number of nitrogens with zero attached hydrogens (tertiary/aromatic N) is 3. The Balaban J connectivity index is 1.89. The highest BCUT2D eigenvalue weighted by Crippen LogP contribution is 2.27. The number of benzene rings is 2. The molecule has 0 amide bonds. The molecule has 0 aliphatic rings. The summed E-state index contributed by atoms with van der Waals surface area (Å²) in [6, 6.07) is 9.66. The summed E-state index contributed by atoms with van der Waals surface area (Å²) >= 11 is 0. The minimum absolute atomic E-state index is 0.107. The number of methoxy groups -OCH3 is 1. The van der Waals surface area contributed by atoms with Crippen LogP contribution in [-0.2, 0) is 25.4 Å². The number of hydrogen-bond acceptors (Lipinski definition) is 6. The Labute approximate surface area is 153 Å². The summed E-state index contributed by atoms with van der Waals surface area (Å²) in [7, 11) is 4.61. The molecular formula is C18H18N4O5. The Bertz CT molecular complexity index is 1110. The molecule has 27 heavy (non-hydrogen) atoms. The molecule has 9 heteroatoms. The van der Waals surface area contributed by atoms with Gasteiger partial charge in [-0.15, -0.1) is 0 Å². The van der Waals surface area contributed by atoms with Crippen LogP contribution in [0.4, 0.5) is 11.4 Å². The number of carbonyl (C=O) groups excluding carboxylic acids is 1. The molecule has 1 aromatic heterocycles. The first kappa shape index (κ1) is 18.2. The van der Waals surface area contributed by atoms with Gasteiger partial charge in [-0.1, -0.05) is 6.07 Å². The van der Waals surface area contributed by atoms with Gasteiger partial charge in [-0.05, 0) is 29.8 Å². The van der Waals surface area contributed by atoms with Gasteiger partial charge in [-0.2, -0.15) is 0 Å². The molecule has 0 saturated heterocycles. The number of imidazole rings is 1. The fourth-order valence-corrected chi connectivity index (χ4v) is 2.94. The first-order chi connectivity index (χ1) is 12.8. The number of nitro benzene ring substituents is 1. The van der Waals surface area contributed by atoms with Gasteiger partial charge in [0.05, 0.1) is 28.6 Å². The number of esters is 1. The summed E-state index contributed by atoms with van der Waals surface area (Å²) in [6.07, 6.45) is 0. The maximum Gasteiger partial charge on any atom is 0.338 e. The number of ether oxygens (including phenoxy) is 1. The first-order valence-corrected chi connectivity index (χ1v) is 8.08. The van der Waals surface area contributed by atoms with E-state index in [2.05, 4.69) is 10.1 Å². The highest BCUT2D eigenvalue weighted by molar-refractivity contribution is 5.91. The Morgan fingerprint density at radius 3 is 2.52 bits per heavy atom. The van der Waals surface area contributed by atoms with E-state index < -0.39 is 10.9 Å². The van der Waals surface area contributed by atoms with Crippen LogP contribution in [0.1, 0.15) is 15.9 Å². The summed E-state index contributed by atoms with van der Waals surface area (Å²) in [4.78, 5) is 34.3. The van der Waals surface area contributed by atoms with Crippen molar-refractivity contribution < 1.29 is 14.5 Å². The molecule has 2 aromatic carbocycles. The van der Waals surface area contributed by atoms with E-state index in [4.69, 9.17) is 0 Å². The van der Waals surface area contributed by atoms with Gasteiger partial charge in [0.25, 0.3) is 5.69 Å². The Morgan fingerprint density at radius 2 is 1.85 bits per heavy atom. The highest BCUT2D eigenvalue weighted by atomic mass is 16.6. The van der Waals surface area contributed by atoms with Crippen molar-refractivity contribution in [2.24, 2.45) is 14.1 Å². The van der Waals surface area contributed by atoms with Gasteiger partial charge in [-0.25, -0.2) is 9.59 Å². The van der Waals surface area contributed by atoms with Gasteiger partial charge < -0.3 is 10.1 Å². The quantitative estimate of drug-likeness (QED) is 0.419. The second-order valence-electron chi connectivity index (χ2n) is 6.06. The van der Waals surface area contributed by atoms with E-state index in [1.807, 2.05) is 18.2 Å². The number of aromatic nitrogens is 2. The van der Waals surface area contributed by atoms with E-state index in [9.17, 15) is 19.7 Å². The lowest BCUT2D eigenvalue weighted by Crippen LogP contribution is -2.19. The Kier molecular flexibility index (Phi) is 4.68. The van der Waals surface area contributed by atoms with Crippen LogP contribution in [0.15, 0.2) is 41.2 Å². The number of nitro groups is 1. The van der Waals surface area contributed by atoms with Crippen LogP contribution in [0, 0.1) is 10.1 Å². The number of nitrogens with one attached hydrogen (secondary N) is 1. The van der Waals surface area contributed by atoms with E-state index in [1.165, 1.54) is 25.3 Å². The summed E-state index contributed by atoms with van der Waals surface area (Å²) in [6.45, 7) is 0.317. The van der Waals surface area contributed by atoms with E-state index in [0.29, 0.717) is 6.54 Å². The summed E-state index contributed by atoms with van der Waals surface area (Å²) < 4.78 is 7.70. The Hall–Kier alpha value is -3.62. The van der Waals surface area contributed by atoms with Crippen LogP contribution >= 0.6 is 0 Å². The molecule has 1 N–H and O–H groups in total. The smallest absolute Gasteiger partial charge is 0.338 e. The average Bonchev–Trinajstić information content (AvgIpc) is 2.89. The molecular weight excluding hydrogens is 352 g/mol. The van der Waals surface area contributed by atoms with Crippen molar-refractivity contribution in [2.45, 2.75) is 6.54 Å². The van der Waals surface area contributed by atoms with Crippen LogP contribution < -0.4 is 11.0 Å². The van der Waals surface area contributed by atoms with Crippen LogP contribution in [0.3, 0.4) is 0 Å². The van der Waals surface area contributed by atoms with Crippen molar-refractivity contribution >= 4 is 28.4 Å². The number of fused-ring (bicyclic) bond motifs is 1. The number of hydrogen-bond donors (Lipinski definition) is 1. The molecule has 0 radical (unpaired) electrons. The van der Waals surface area contributed by atoms with Crippen LogP contribution in [0.5, 0.6) is 0 Å². The van der Waals surface area contributed by atoms with Crippen molar-refractivity contribution in [3.8, 4) is 0 Å². The normalized spacial score (nSPS) is 10.8. The second-order valence-corrected chi connectivity index (χ2v) is 6.06. The third-order valence-electron chi connectivity index (χ3n) is 4.43. The van der Waals surface area contributed by atoms with Crippen molar-refractivity contribution in [1.82, 2.24) is 9.13 Å². The maximum atomic E-state index is 12.0. The van der Waals surface area contributed by atoms with Crippen molar-refractivity contribution in [1.29, 1.82) is 0 Å². The molecule has 0 unspecified atom stereocenters. The molecule has 0 atom stereocenters. The molecule has 140 valence electrons. The van der Waals surface area contributed by atoms with Gasteiger partial charge in [0.1, 0.15) is 5.69 Å². The fourth-order valence-electron chi connectivity index (χ4n) is 2.94. The van der Waals surface area contributed by atoms with E-state index in [-0.39, 0.29) is 22.6 Å². The predicted molar refractivity (Wildman–Crippen MR) is 99.9 cm³/mol. The summed E-state index contributed by atoms with van der Waals surface area (Å²) in [5.74, 6) is -0.639.